The maximum Gasteiger partial charge on any atom is 0.306 e. The van der Waals surface area contributed by atoms with Crippen molar-refractivity contribution in [2.24, 2.45) is 0 Å². The molecule has 0 aliphatic heterocycles. The van der Waals surface area contributed by atoms with Crippen molar-refractivity contribution >= 4 is 11.8 Å². The minimum atomic E-state index is -0.265. The molecule has 0 aliphatic carbocycles. The highest BCUT2D eigenvalue weighted by Crippen LogP contribution is 1.97. The summed E-state index contributed by atoms with van der Waals surface area (Å²) in [7, 11) is 0. The Morgan fingerprint density at radius 3 is 2.33 bits per heavy atom. The third-order valence-corrected chi connectivity index (χ3v) is 1.47. The zero-order chi connectivity index (χ0) is 9.40. The summed E-state index contributed by atoms with van der Waals surface area (Å²) in [6, 6.07) is 0. The topological polar surface area (TPSA) is 43.4 Å². The molecule has 0 amide bonds. The average molecular weight is 172 g/mol. The van der Waals surface area contributed by atoms with E-state index >= 15 is 0 Å². The number of carbonyl (C=O) groups excluding carboxylic acids is 2. The molecule has 3 heteroatoms. The normalized spacial score (nSPS) is 9.50. The minimum Gasteiger partial charge on any atom is -0.466 e. The smallest absolute Gasteiger partial charge is 0.306 e. The van der Waals surface area contributed by atoms with Gasteiger partial charge in [-0.15, -0.1) is 0 Å². The van der Waals surface area contributed by atoms with E-state index in [1.165, 1.54) is 0 Å². The molecule has 12 heavy (non-hydrogen) atoms. The molecule has 0 aromatic rings. The first-order valence-electron chi connectivity index (χ1n) is 4.38. The Labute approximate surface area is 73.1 Å². The summed E-state index contributed by atoms with van der Waals surface area (Å²) >= 11 is 0. The predicted octanol–water partition coefficient (Wildman–Crippen LogP) is 1.70. The number of Topliss-reactive ketones (excluding diaryl/α,β-unsaturated/α-hetero) is 1. The molecule has 0 radical (unpaired) electrons. The van der Waals surface area contributed by atoms with Gasteiger partial charge in [-0.1, -0.05) is 13.8 Å². The van der Waals surface area contributed by atoms with Crippen molar-refractivity contribution in [1.82, 2.24) is 0 Å². The number of rotatable bonds is 6. The van der Waals surface area contributed by atoms with Crippen LogP contribution in [-0.4, -0.2) is 18.4 Å². The Kier molecular flexibility index (Phi) is 6.34. The van der Waals surface area contributed by atoms with Crippen molar-refractivity contribution in [3.63, 3.8) is 0 Å². The van der Waals surface area contributed by atoms with Gasteiger partial charge in [0, 0.05) is 12.8 Å². The van der Waals surface area contributed by atoms with Crippen LogP contribution in [0.25, 0.3) is 0 Å². The predicted molar refractivity (Wildman–Crippen MR) is 45.8 cm³/mol. The summed E-state index contributed by atoms with van der Waals surface area (Å²) in [6.45, 7) is 4.18. The molecule has 0 spiro atoms. The second kappa shape index (κ2) is 6.83. The maximum absolute atomic E-state index is 10.8. The van der Waals surface area contributed by atoms with Gasteiger partial charge in [0.15, 0.2) is 0 Å². The molecule has 0 bridgehead atoms. The fourth-order valence-electron chi connectivity index (χ4n) is 0.706. The molecule has 0 heterocycles. The number of hydrogen-bond donors (Lipinski definition) is 0. The fraction of sp³-hybridized carbons (Fsp3) is 0.778. The van der Waals surface area contributed by atoms with Gasteiger partial charge >= 0.3 is 5.97 Å². The van der Waals surface area contributed by atoms with Crippen LogP contribution < -0.4 is 0 Å². The van der Waals surface area contributed by atoms with Crippen LogP contribution in [0.1, 0.15) is 39.5 Å². The molecule has 0 aromatic carbocycles. The summed E-state index contributed by atoms with van der Waals surface area (Å²) in [6.07, 6.45) is 1.88. The molecule has 0 saturated heterocycles. The van der Waals surface area contributed by atoms with Crippen molar-refractivity contribution in [3.05, 3.63) is 0 Å². The molecule has 70 valence electrons. The zero-order valence-corrected chi connectivity index (χ0v) is 7.76. The molecular weight excluding hydrogens is 156 g/mol. The van der Waals surface area contributed by atoms with Gasteiger partial charge in [-0.3, -0.25) is 9.59 Å². The number of ether oxygens (including phenoxy) is 1. The Morgan fingerprint density at radius 1 is 1.17 bits per heavy atom. The van der Waals surface area contributed by atoms with Crippen LogP contribution in [0.5, 0.6) is 0 Å². The number of hydrogen-bond acceptors (Lipinski definition) is 3. The van der Waals surface area contributed by atoms with Crippen molar-refractivity contribution in [1.29, 1.82) is 0 Å². The van der Waals surface area contributed by atoms with Crippen LogP contribution in [0, 0.1) is 0 Å². The van der Waals surface area contributed by atoms with Crippen molar-refractivity contribution in [2.45, 2.75) is 39.5 Å². The first-order chi connectivity index (χ1) is 5.70. The summed E-state index contributed by atoms with van der Waals surface area (Å²) < 4.78 is 4.79. The van der Waals surface area contributed by atoms with Crippen LogP contribution in [0.3, 0.4) is 0 Å². The van der Waals surface area contributed by atoms with Gasteiger partial charge in [0.25, 0.3) is 0 Å². The van der Waals surface area contributed by atoms with E-state index < -0.39 is 0 Å². The lowest BCUT2D eigenvalue weighted by Crippen LogP contribution is -2.07. The SMILES string of the molecule is CCCOC(=O)CCC(=O)CC. The fourth-order valence-corrected chi connectivity index (χ4v) is 0.706. The second-order valence-electron chi connectivity index (χ2n) is 2.61. The lowest BCUT2D eigenvalue weighted by atomic mass is 10.2. The standard InChI is InChI=1S/C9H16O3/c1-3-7-12-9(11)6-5-8(10)4-2/h3-7H2,1-2H3. The number of ketones is 1. The lowest BCUT2D eigenvalue weighted by Gasteiger charge is -2.01. The zero-order valence-electron chi connectivity index (χ0n) is 7.76. The molecular formula is C9H16O3. The highest BCUT2D eigenvalue weighted by Gasteiger charge is 2.05. The largest absolute Gasteiger partial charge is 0.466 e. The van der Waals surface area contributed by atoms with Crippen LogP contribution >= 0.6 is 0 Å². The van der Waals surface area contributed by atoms with Crippen LogP contribution in [0.15, 0.2) is 0 Å². The van der Waals surface area contributed by atoms with Crippen molar-refractivity contribution in [3.8, 4) is 0 Å². The third-order valence-electron chi connectivity index (χ3n) is 1.47. The molecule has 0 rings (SSSR count). The molecule has 0 N–H and O–H groups in total. The maximum atomic E-state index is 10.8. The second-order valence-corrected chi connectivity index (χ2v) is 2.61. The first kappa shape index (κ1) is 11.1. The van der Waals surface area contributed by atoms with E-state index in [9.17, 15) is 9.59 Å². The van der Waals surface area contributed by atoms with Gasteiger partial charge in [-0.2, -0.15) is 0 Å². The van der Waals surface area contributed by atoms with Gasteiger partial charge in [-0.05, 0) is 6.42 Å². The van der Waals surface area contributed by atoms with Gasteiger partial charge in [0.05, 0.1) is 13.0 Å². The van der Waals surface area contributed by atoms with Crippen LogP contribution in [0.2, 0.25) is 0 Å². The average Bonchev–Trinajstić information content (AvgIpc) is 2.10. The Hall–Kier alpha value is -0.860. The van der Waals surface area contributed by atoms with Gasteiger partial charge < -0.3 is 4.74 Å². The Bertz CT molecular complexity index is 152. The molecule has 0 unspecified atom stereocenters. The summed E-state index contributed by atoms with van der Waals surface area (Å²) in [5.74, 6) is -0.151. The number of esters is 1. The first-order valence-corrected chi connectivity index (χ1v) is 4.38. The van der Waals surface area contributed by atoms with Crippen molar-refractivity contribution < 1.29 is 14.3 Å². The van der Waals surface area contributed by atoms with Gasteiger partial charge in [0.1, 0.15) is 5.78 Å². The quantitative estimate of drug-likeness (QED) is 0.573. The molecule has 0 fully saturated rings. The van der Waals surface area contributed by atoms with Gasteiger partial charge in [0.2, 0.25) is 0 Å². The van der Waals surface area contributed by atoms with Gasteiger partial charge in [-0.25, -0.2) is 0 Å². The molecule has 0 aliphatic rings. The van der Waals surface area contributed by atoms with E-state index in [1.54, 1.807) is 6.92 Å². The molecule has 3 nitrogen and oxygen atoms in total. The highest BCUT2D eigenvalue weighted by atomic mass is 16.5. The molecule has 0 saturated carbocycles. The Morgan fingerprint density at radius 2 is 1.83 bits per heavy atom. The summed E-state index contributed by atoms with van der Waals surface area (Å²) in [4.78, 5) is 21.6. The molecule has 0 atom stereocenters. The van der Waals surface area contributed by atoms with E-state index in [0.717, 1.165) is 6.42 Å². The summed E-state index contributed by atoms with van der Waals surface area (Å²) in [5, 5.41) is 0. The summed E-state index contributed by atoms with van der Waals surface area (Å²) in [5.41, 5.74) is 0. The van der Waals surface area contributed by atoms with E-state index in [-0.39, 0.29) is 18.2 Å². The van der Waals surface area contributed by atoms with E-state index in [0.29, 0.717) is 19.4 Å². The van der Waals surface area contributed by atoms with E-state index in [4.69, 9.17) is 4.74 Å². The van der Waals surface area contributed by atoms with E-state index in [2.05, 4.69) is 0 Å². The van der Waals surface area contributed by atoms with E-state index in [1.807, 2.05) is 6.92 Å². The lowest BCUT2D eigenvalue weighted by molar-refractivity contribution is -0.144. The number of carbonyl (C=O) groups is 2. The minimum absolute atomic E-state index is 0.114. The third kappa shape index (κ3) is 5.89. The van der Waals surface area contributed by atoms with Crippen molar-refractivity contribution in [2.75, 3.05) is 6.61 Å². The van der Waals surface area contributed by atoms with Crippen LogP contribution in [-0.2, 0) is 14.3 Å². The highest BCUT2D eigenvalue weighted by molar-refractivity contribution is 5.82. The Balaban J connectivity index is 3.37. The monoisotopic (exact) mass is 172 g/mol. The van der Waals surface area contributed by atoms with Crippen LogP contribution in [0.4, 0.5) is 0 Å². The molecule has 0 aromatic heterocycles.